The van der Waals surface area contributed by atoms with Gasteiger partial charge in [-0.15, -0.1) is 0 Å². The zero-order chi connectivity index (χ0) is 4.99. The number of hydrogen-bond donors (Lipinski definition) is 0. The highest BCUT2D eigenvalue weighted by atomic mass is 19.1. The fourth-order valence-corrected chi connectivity index (χ4v) is 0.197. The first-order valence-electron chi connectivity index (χ1n) is 1.95. The predicted octanol–water partition coefficient (Wildman–Crippen LogP) is 1.28. The van der Waals surface area contributed by atoms with Crippen LogP contribution in [0.2, 0.25) is 0 Å². The van der Waals surface area contributed by atoms with Gasteiger partial charge in [0.05, 0.1) is 0 Å². The Morgan fingerprint density at radius 3 is 2.33 bits per heavy atom. The van der Waals surface area contributed by atoms with Crippen LogP contribution in [0.25, 0.3) is 0 Å². The minimum Gasteiger partial charge on any atom is -0.261 e. The van der Waals surface area contributed by atoms with Gasteiger partial charge in [0.25, 0.3) is 0 Å². The molecule has 0 saturated carbocycles. The summed E-state index contributed by atoms with van der Waals surface area (Å²) in [6.45, 7) is 1.76. The van der Waals surface area contributed by atoms with Crippen molar-refractivity contribution >= 4 is 6.04 Å². The Kier molecular flexibility index (Phi) is 2.63. The van der Waals surface area contributed by atoms with Gasteiger partial charge in [0.15, 0.2) is 0 Å². The standard InChI is InChI=1S/C4H7FO/c1-2-3-4(5)6/h2-3H2,1H3. The molecule has 0 aliphatic heterocycles. The molecular formula is C4H7FO. The molecule has 0 atom stereocenters. The van der Waals surface area contributed by atoms with E-state index in [9.17, 15) is 9.18 Å². The van der Waals surface area contributed by atoms with Crippen LogP contribution in [0.4, 0.5) is 4.39 Å². The van der Waals surface area contributed by atoms with E-state index in [0.29, 0.717) is 6.42 Å². The molecule has 0 aromatic rings. The first-order valence-corrected chi connectivity index (χ1v) is 1.95. The van der Waals surface area contributed by atoms with Crippen LogP contribution in [0.5, 0.6) is 0 Å². The Bertz CT molecular complexity index is 51.5. The summed E-state index contributed by atoms with van der Waals surface area (Å²) in [6, 6.07) is -1.21. The summed E-state index contributed by atoms with van der Waals surface area (Å²) < 4.78 is 11.1. The zero-order valence-electron chi connectivity index (χ0n) is 3.70. The molecule has 2 heteroatoms. The lowest BCUT2D eigenvalue weighted by Crippen LogP contribution is -1.81. The van der Waals surface area contributed by atoms with Crippen LogP contribution in [0, 0.1) is 0 Å². The van der Waals surface area contributed by atoms with Gasteiger partial charge in [0.1, 0.15) is 0 Å². The average molecular weight is 90.1 g/mol. The van der Waals surface area contributed by atoms with Crippen molar-refractivity contribution in [3.63, 3.8) is 0 Å². The first-order chi connectivity index (χ1) is 2.77. The summed E-state index contributed by atoms with van der Waals surface area (Å²) in [7, 11) is 0. The van der Waals surface area contributed by atoms with Crippen LogP contribution in [-0.2, 0) is 4.79 Å². The van der Waals surface area contributed by atoms with Gasteiger partial charge in [-0.2, -0.15) is 4.39 Å². The van der Waals surface area contributed by atoms with Crippen LogP contribution in [0.15, 0.2) is 0 Å². The zero-order valence-corrected chi connectivity index (χ0v) is 3.70. The molecule has 0 unspecified atom stereocenters. The van der Waals surface area contributed by atoms with E-state index >= 15 is 0 Å². The van der Waals surface area contributed by atoms with Gasteiger partial charge in [-0.3, -0.25) is 4.79 Å². The van der Waals surface area contributed by atoms with Crippen molar-refractivity contribution in [2.75, 3.05) is 0 Å². The molecule has 0 aromatic heterocycles. The lowest BCUT2D eigenvalue weighted by Gasteiger charge is -1.76. The van der Waals surface area contributed by atoms with Gasteiger partial charge in [-0.1, -0.05) is 6.92 Å². The fraction of sp³-hybridized carbons (Fsp3) is 0.750. The highest BCUT2D eigenvalue weighted by molar-refractivity contribution is 5.67. The molecule has 0 amide bonds. The monoisotopic (exact) mass is 90.0 g/mol. The Balaban J connectivity index is 2.83. The molecule has 0 spiro atoms. The molecule has 6 heavy (non-hydrogen) atoms. The van der Waals surface area contributed by atoms with Crippen molar-refractivity contribution in [3.05, 3.63) is 0 Å². The molecule has 0 fully saturated rings. The third-order valence-corrected chi connectivity index (χ3v) is 0.447. The molecule has 1 nitrogen and oxygen atoms in total. The van der Waals surface area contributed by atoms with Crippen molar-refractivity contribution < 1.29 is 9.18 Å². The largest absolute Gasteiger partial charge is 0.301 e. The number of carbonyl (C=O) groups is 1. The molecule has 0 bridgehead atoms. The summed E-state index contributed by atoms with van der Waals surface area (Å²) in [4.78, 5) is 9.38. The Hall–Kier alpha value is -0.400. The number of rotatable bonds is 2. The van der Waals surface area contributed by atoms with Gasteiger partial charge in [0, 0.05) is 6.42 Å². The minimum atomic E-state index is -1.21. The average Bonchev–Trinajstić information content (AvgIpc) is 1.35. The molecule has 0 aliphatic carbocycles. The van der Waals surface area contributed by atoms with Gasteiger partial charge in [-0.25, -0.2) is 0 Å². The minimum absolute atomic E-state index is 0.0694. The maximum Gasteiger partial charge on any atom is 0.301 e. The Labute approximate surface area is 36.2 Å². The number of halogens is 1. The van der Waals surface area contributed by atoms with E-state index in [0.717, 1.165) is 0 Å². The van der Waals surface area contributed by atoms with Crippen LogP contribution < -0.4 is 0 Å². The maximum atomic E-state index is 11.1. The second kappa shape index (κ2) is 2.82. The Morgan fingerprint density at radius 1 is 1.83 bits per heavy atom. The highest BCUT2D eigenvalue weighted by Crippen LogP contribution is 1.86. The van der Waals surface area contributed by atoms with E-state index in [1.165, 1.54) is 0 Å². The summed E-state index contributed by atoms with van der Waals surface area (Å²) in [6.07, 6.45) is 0.676. The van der Waals surface area contributed by atoms with Crippen molar-refractivity contribution in [1.29, 1.82) is 0 Å². The smallest absolute Gasteiger partial charge is 0.261 e. The van der Waals surface area contributed by atoms with Crippen molar-refractivity contribution in [2.45, 2.75) is 19.8 Å². The lowest BCUT2D eigenvalue weighted by molar-refractivity contribution is -0.129. The summed E-state index contributed by atoms with van der Waals surface area (Å²) in [5.41, 5.74) is 0. The van der Waals surface area contributed by atoms with E-state index < -0.39 is 6.04 Å². The van der Waals surface area contributed by atoms with Gasteiger partial charge in [-0.05, 0) is 6.42 Å². The summed E-state index contributed by atoms with van der Waals surface area (Å²) >= 11 is 0. The van der Waals surface area contributed by atoms with Crippen LogP contribution in [0.3, 0.4) is 0 Å². The third kappa shape index (κ3) is 3.60. The van der Waals surface area contributed by atoms with E-state index in [1.54, 1.807) is 6.92 Å². The van der Waals surface area contributed by atoms with E-state index in [4.69, 9.17) is 0 Å². The topological polar surface area (TPSA) is 17.1 Å². The van der Waals surface area contributed by atoms with Gasteiger partial charge >= 0.3 is 6.04 Å². The number of hydrogen-bond acceptors (Lipinski definition) is 1. The number of carbonyl (C=O) groups excluding carboxylic acids is 1. The molecule has 0 saturated heterocycles. The van der Waals surface area contributed by atoms with E-state index in [-0.39, 0.29) is 6.42 Å². The predicted molar refractivity (Wildman–Crippen MR) is 21.0 cm³/mol. The third-order valence-electron chi connectivity index (χ3n) is 0.447. The Morgan fingerprint density at radius 2 is 2.33 bits per heavy atom. The van der Waals surface area contributed by atoms with Crippen molar-refractivity contribution in [2.24, 2.45) is 0 Å². The van der Waals surface area contributed by atoms with Crippen molar-refractivity contribution in [1.82, 2.24) is 0 Å². The van der Waals surface area contributed by atoms with Gasteiger partial charge in [0.2, 0.25) is 0 Å². The van der Waals surface area contributed by atoms with E-state index in [2.05, 4.69) is 0 Å². The summed E-state index contributed by atoms with van der Waals surface area (Å²) in [5, 5.41) is 0. The normalized spacial score (nSPS) is 8.33. The van der Waals surface area contributed by atoms with Crippen LogP contribution in [-0.4, -0.2) is 6.04 Å². The summed E-state index contributed by atoms with van der Waals surface area (Å²) in [5.74, 6) is 0. The molecule has 0 aliphatic rings. The first kappa shape index (κ1) is 5.60. The van der Waals surface area contributed by atoms with Crippen LogP contribution in [0.1, 0.15) is 19.8 Å². The van der Waals surface area contributed by atoms with E-state index in [1.807, 2.05) is 0 Å². The SMILES string of the molecule is CCCC(=O)F. The van der Waals surface area contributed by atoms with Crippen LogP contribution >= 0.6 is 0 Å². The fourth-order valence-electron chi connectivity index (χ4n) is 0.197. The lowest BCUT2D eigenvalue weighted by atomic mass is 10.4. The second-order valence-corrected chi connectivity index (χ2v) is 1.11. The molecule has 0 radical (unpaired) electrons. The molecule has 0 heterocycles. The quantitative estimate of drug-likeness (QED) is 0.467. The molecular weight excluding hydrogens is 83.0 g/mol. The van der Waals surface area contributed by atoms with Gasteiger partial charge < -0.3 is 0 Å². The molecule has 36 valence electrons. The van der Waals surface area contributed by atoms with Crippen molar-refractivity contribution in [3.8, 4) is 0 Å². The maximum absolute atomic E-state index is 11.1. The molecule has 0 N–H and O–H groups in total. The molecule has 0 aromatic carbocycles. The molecule has 0 rings (SSSR count). The highest BCUT2D eigenvalue weighted by Gasteiger charge is 1.89. The second-order valence-electron chi connectivity index (χ2n) is 1.11.